The third kappa shape index (κ3) is 12.9. The van der Waals surface area contributed by atoms with E-state index < -0.39 is 5.60 Å². The van der Waals surface area contributed by atoms with E-state index in [9.17, 15) is 4.79 Å². The summed E-state index contributed by atoms with van der Waals surface area (Å²) in [5, 5.41) is 6.67. The van der Waals surface area contributed by atoms with Crippen molar-refractivity contribution in [1.82, 2.24) is 10.2 Å². The second-order valence-corrected chi connectivity index (χ2v) is 5.38. The minimum absolute atomic E-state index is 0.210. The first-order valence-electron chi connectivity index (χ1n) is 6.47. The van der Waals surface area contributed by atoms with Gasteiger partial charge in [-0.05, 0) is 46.3 Å². The number of rotatable bonds is 9. The molecule has 7 heteroatoms. The molecule has 0 aromatic carbocycles. The van der Waals surface area contributed by atoms with Crippen LogP contribution in [-0.4, -0.2) is 56.2 Å². The highest BCUT2D eigenvalue weighted by Crippen LogP contribution is 2.06. The number of carbonyl (C=O) groups excluding carboxylic acids is 1. The number of hydrogen-bond donors (Lipinski definition) is 1. The quantitative estimate of drug-likeness (QED) is 0.226. The summed E-state index contributed by atoms with van der Waals surface area (Å²) in [4.78, 5) is 16.1. The molecule has 0 radical (unpaired) electrons. The first-order chi connectivity index (χ1) is 8.85. The third-order valence-corrected chi connectivity index (χ3v) is 2.16. The normalized spacial score (nSPS) is 11.2. The predicted molar refractivity (Wildman–Crippen MR) is 74.8 cm³/mol. The van der Waals surface area contributed by atoms with Gasteiger partial charge in [-0.25, -0.2) is 0 Å². The molecule has 0 atom stereocenters. The molecule has 0 saturated carbocycles. The number of ether oxygens (including phenoxy) is 1. The van der Waals surface area contributed by atoms with Gasteiger partial charge in [-0.3, -0.25) is 9.69 Å². The molecule has 0 fully saturated rings. The van der Waals surface area contributed by atoms with Crippen molar-refractivity contribution >= 4 is 5.97 Å². The summed E-state index contributed by atoms with van der Waals surface area (Å²) < 4.78 is 5.23. The van der Waals surface area contributed by atoms with Crippen LogP contribution in [0, 0.1) is 0 Å². The van der Waals surface area contributed by atoms with Gasteiger partial charge in [0.15, 0.2) is 0 Å². The number of esters is 1. The Morgan fingerprint density at radius 2 is 2.11 bits per heavy atom. The summed E-state index contributed by atoms with van der Waals surface area (Å²) in [6.45, 7) is 8.73. The lowest BCUT2D eigenvalue weighted by Gasteiger charge is -2.22. The van der Waals surface area contributed by atoms with Crippen molar-refractivity contribution in [2.75, 3.05) is 39.8 Å². The number of likely N-dealkylation sites (N-methyl/N-ethyl adjacent to an activating group) is 1. The van der Waals surface area contributed by atoms with Crippen LogP contribution in [0.2, 0.25) is 0 Å². The molecule has 0 bridgehead atoms. The van der Waals surface area contributed by atoms with Crippen LogP contribution in [0.4, 0.5) is 0 Å². The number of nitrogens with zero attached hydrogens (tertiary/aromatic N) is 4. The Morgan fingerprint density at radius 3 is 2.68 bits per heavy atom. The Bertz CT molecular complexity index is 308. The van der Waals surface area contributed by atoms with Crippen molar-refractivity contribution in [3.05, 3.63) is 10.4 Å². The Balaban J connectivity index is 3.56. The van der Waals surface area contributed by atoms with Gasteiger partial charge in [0.1, 0.15) is 5.60 Å². The SMILES string of the molecule is CN(CCNCCCN=[N+]=[N-])CC(=O)OC(C)(C)C. The molecular weight excluding hydrogens is 246 g/mol. The fourth-order valence-electron chi connectivity index (χ4n) is 1.39. The highest BCUT2D eigenvalue weighted by Gasteiger charge is 2.17. The summed E-state index contributed by atoms with van der Waals surface area (Å²) in [5.74, 6) is -0.210. The molecule has 19 heavy (non-hydrogen) atoms. The summed E-state index contributed by atoms with van der Waals surface area (Å²) in [6.07, 6.45) is 0.819. The molecule has 0 aliphatic carbocycles. The van der Waals surface area contributed by atoms with Gasteiger partial charge < -0.3 is 10.1 Å². The molecule has 7 nitrogen and oxygen atoms in total. The summed E-state index contributed by atoms with van der Waals surface area (Å²) in [7, 11) is 1.88. The van der Waals surface area contributed by atoms with Crippen LogP contribution in [0.15, 0.2) is 5.11 Å². The largest absolute Gasteiger partial charge is 0.459 e. The first kappa shape index (κ1) is 17.7. The lowest BCUT2D eigenvalue weighted by atomic mass is 10.2. The van der Waals surface area contributed by atoms with E-state index in [4.69, 9.17) is 10.3 Å². The number of hydrogen-bond acceptors (Lipinski definition) is 5. The fourth-order valence-corrected chi connectivity index (χ4v) is 1.39. The minimum atomic E-state index is -0.433. The van der Waals surface area contributed by atoms with E-state index in [1.54, 1.807) is 0 Å². The van der Waals surface area contributed by atoms with Gasteiger partial charge in [-0.2, -0.15) is 0 Å². The van der Waals surface area contributed by atoms with Gasteiger partial charge in [-0.1, -0.05) is 5.11 Å². The van der Waals surface area contributed by atoms with Crippen molar-refractivity contribution < 1.29 is 9.53 Å². The predicted octanol–water partition coefficient (Wildman–Crippen LogP) is 1.55. The average Bonchev–Trinajstić information content (AvgIpc) is 2.25. The fraction of sp³-hybridized carbons (Fsp3) is 0.917. The van der Waals surface area contributed by atoms with E-state index in [2.05, 4.69) is 15.3 Å². The zero-order chi connectivity index (χ0) is 14.7. The maximum absolute atomic E-state index is 11.5. The van der Waals surface area contributed by atoms with Gasteiger partial charge in [-0.15, -0.1) is 0 Å². The lowest BCUT2D eigenvalue weighted by Crippen LogP contribution is -2.36. The number of nitrogens with one attached hydrogen (secondary N) is 1. The average molecular weight is 271 g/mol. The maximum Gasteiger partial charge on any atom is 0.320 e. The molecular formula is C12H25N5O2. The van der Waals surface area contributed by atoms with Crippen molar-refractivity contribution in [3.63, 3.8) is 0 Å². The van der Waals surface area contributed by atoms with Crippen molar-refractivity contribution in [2.24, 2.45) is 5.11 Å². The number of carbonyl (C=O) groups is 1. The number of azide groups is 1. The van der Waals surface area contributed by atoms with Crippen LogP contribution in [-0.2, 0) is 9.53 Å². The van der Waals surface area contributed by atoms with Crippen molar-refractivity contribution in [1.29, 1.82) is 0 Å². The molecule has 0 aromatic heterocycles. The molecule has 1 N–H and O–H groups in total. The summed E-state index contributed by atoms with van der Waals surface area (Å²) in [5.41, 5.74) is 7.66. The van der Waals surface area contributed by atoms with Gasteiger partial charge in [0.25, 0.3) is 0 Å². The highest BCUT2D eigenvalue weighted by atomic mass is 16.6. The van der Waals surface area contributed by atoms with Crippen LogP contribution in [0.25, 0.3) is 10.4 Å². The molecule has 0 aliphatic heterocycles. The monoisotopic (exact) mass is 271 g/mol. The lowest BCUT2D eigenvalue weighted by molar-refractivity contribution is -0.155. The van der Waals surface area contributed by atoms with Gasteiger partial charge in [0, 0.05) is 24.5 Å². The molecule has 0 aliphatic rings. The van der Waals surface area contributed by atoms with Crippen molar-refractivity contribution in [3.8, 4) is 0 Å². The Kier molecular flexibility index (Phi) is 8.95. The molecule has 0 unspecified atom stereocenters. The van der Waals surface area contributed by atoms with E-state index in [0.29, 0.717) is 6.54 Å². The van der Waals surface area contributed by atoms with E-state index >= 15 is 0 Å². The van der Waals surface area contributed by atoms with Crippen LogP contribution in [0.5, 0.6) is 0 Å². The van der Waals surface area contributed by atoms with E-state index in [1.165, 1.54) is 0 Å². The van der Waals surface area contributed by atoms with E-state index in [-0.39, 0.29) is 12.5 Å². The second kappa shape index (κ2) is 9.61. The molecule has 0 heterocycles. The maximum atomic E-state index is 11.5. The third-order valence-electron chi connectivity index (χ3n) is 2.16. The Morgan fingerprint density at radius 1 is 1.42 bits per heavy atom. The smallest absolute Gasteiger partial charge is 0.320 e. The van der Waals surface area contributed by atoms with Crippen LogP contribution >= 0.6 is 0 Å². The zero-order valence-corrected chi connectivity index (χ0v) is 12.3. The molecule has 0 saturated heterocycles. The standard InChI is InChI=1S/C12H25N5O2/c1-12(2,3)19-11(18)10-17(4)9-8-14-6-5-7-15-16-13/h14H,5-10H2,1-4H3. The topological polar surface area (TPSA) is 90.3 Å². The van der Waals surface area contributed by atoms with E-state index in [1.807, 2.05) is 32.7 Å². The summed E-state index contributed by atoms with van der Waals surface area (Å²) in [6, 6.07) is 0. The van der Waals surface area contributed by atoms with Crippen LogP contribution in [0.1, 0.15) is 27.2 Å². The zero-order valence-electron chi connectivity index (χ0n) is 12.3. The van der Waals surface area contributed by atoms with Crippen LogP contribution < -0.4 is 5.32 Å². The highest BCUT2D eigenvalue weighted by molar-refractivity contribution is 5.72. The van der Waals surface area contributed by atoms with Gasteiger partial charge in [0.05, 0.1) is 6.54 Å². The van der Waals surface area contributed by atoms with Gasteiger partial charge in [0.2, 0.25) is 0 Å². The molecule has 0 rings (SSSR count). The van der Waals surface area contributed by atoms with Gasteiger partial charge >= 0.3 is 5.97 Å². The summed E-state index contributed by atoms with van der Waals surface area (Å²) >= 11 is 0. The van der Waals surface area contributed by atoms with Crippen LogP contribution in [0.3, 0.4) is 0 Å². The Hall–Kier alpha value is -1.30. The minimum Gasteiger partial charge on any atom is -0.459 e. The molecule has 110 valence electrons. The van der Waals surface area contributed by atoms with E-state index in [0.717, 1.165) is 26.1 Å². The van der Waals surface area contributed by atoms with Crippen molar-refractivity contribution in [2.45, 2.75) is 32.8 Å². The molecule has 0 spiro atoms. The first-order valence-corrected chi connectivity index (χ1v) is 6.47. The molecule has 0 amide bonds. The Labute approximate surface area is 114 Å². The molecule has 0 aromatic rings. The second-order valence-electron chi connectivity index (χ2n) is 5.38.